The maximum atomic E-state index is 5.93. The second-order valence-corrected chi connectivity index (χ2v) is 4.68. The van der Waals surface area contributed by atoms with Crippen LogP contribution in [0.25, 0.3) is 0 Å². The third-order valence-corrected chi connectivity index (χ3v) is 3.21. The summed E-state index contributed by atoms with van der Waals surface area (Å²) in [5.41, 5.74) is 0. The van der Waals surface area contributed by atoms with E-state index >= 15 is 0 Å². The molecule has 4 heteroatoms. The molecule has 0 spiro atoms. The van der Waals surface area contributed by atoms with Crippen molar-refractivity contribution in [2.24, 2.45) is 0 Å². The first-order valence-corrected chi connectivity index (χ1v) is 6.03. The summed E-state index contributed by atoms with van der Waals surface area (Å²) in [4.78, 5) is 0. The van der Waals surface area contributed by atoms with Crippen molar-refractivity contribution in [1.82, 2.24) is 10.6 Å². The van der Waals surface area contributed by atoms with E-state index in [1.54, 1.807) is 11.8 Å². The number of rotatable bonds is 5. The van der Waals surface area contributed by atoms with Crippen LogP contribution in [-0.2, 0) is 4.74 Å². The van der Waals surface area contributed by atoms with Crippen molar-refractivity contribution in [3.05, 3.63) is 0 Å². The summed E-state index contributed by atoms with van der Waals surface area (Å²) in [7, 11) is 0. The minimum Gasteiger partial charge on any atom is -0.336 e. The van der Waals surface area contributed by atoms with Gasteiger partial charge in [-0.25, -0.2) is 0 Å². The highest BCUT2D eigenvalue weighted by atomic mass is 32.2. The average molecular weight is 204 g/mol. The molecule has 0 bridgehead atoms. The van der Waals surface area contributed by atoms with Gasteiger partial charge in [-0.2, -0.15) is 0 Å². The van der Waals surface area contributed by atoms with Crippen LogP contribution in [0, 0.1) is 0 Å². The van der Waals surface area contributed by atoms with Crippen LogP contribution in [0.2, 0.25) is 0 Å². The third kappa shape index (κ3) is 3.13. The molecule has 1 fully saturated rings. The van der Waals surface area contributed by atoms with Gasteiger partial charge >= 0.3 is 0 Å². The summed E-state index contributed by atoms with van der Waals surface area (Å²) < 4.78 is 5.93. The zero-order valence-electron chi connectivity index (χ0n) is 8.72. The van der Waals surface area contributed by atoms with Crippen molar-refractivity contribution in [1.29, 1.82) is 0 Å². The van der Waals surface area contributed by atoms with E-state index in [0.717, 1.165) is 25.3 Å². The predicted octanol–water partition coefficient (Wildman–Crippen LogP) is 1.36. The maximum absolute atomic E-state index is 5.93. The molecule has 1 rings (SSSR count). The van der Waals surface area contributed by atoms with Crippen LogP contribution in [-0.4, -0.2) is 30.1 Å². The van der Waals surface area contributed by atoms with Crippen LogP contribution in [0.15, 0.2) is 0 Å². The van der Waals surface area contributed by atoms with Crippen LogP contribution < -0.4 is 10.6 Å². The molecule has 0 aliphatic carbocycles. The van der Waals surface area contributed by atoms with Crippen molar-refractivity contribution in [2.75, 3.05) is 18.8 Å². The second kappa shape index (κ2) is 5.20. The highest BCUT2D eigenvalue weighted by Crippen LogP contribution is 2.25. The van der Waals surface area contributed by atoms with Crippen LogP contribution in [0.1, 0.15) is 27.2 Å². The molecule has 0 aromatic heterocycles. The van der Waals surface area contributed by atoms with Crippen LogP contribution in [0.4, 0.5) is 0 Å². The van der Waals surface area contributed by atoms with Gasteiger partial charge in [0.05, 0.1) is 6.10 Å². The summed E-state index contributed by atoms with van der Waals surface area (Å²) in [6.07, 6.45) is 1.35. The molecule has 13 heavy (non-hydrogen) atoms. The van der Waals surface area contributed by atoms with E-state index in [4.69, 9.17) is 4.74 Å². The van der Waals surface area contributed by atoms with E-state index in [0.29, 0.717) is 6.10 Å². The van der Waals surface area contributed by atoms with E-state index in [2.05, 4.69) is 31.4 Å². The molecule has 0 aromatic rings. The van der Waals surface area contributed by atoms with Gasteiger partial charge in [-0.3, -0.25) is 10.6 Å². The van der Waals surface area contributed by atoms with E-state index in [-0.39, 0.29) is 5.18 Å². The number of hydrogen-bond acceptors (Lipinski definition) is 4. The minimum atomic E-state index is -0.315. The highest BCUT2D eigenvalue weighted by Gasteiger charge is 2.35. The molecule has 1 aliphatic heterocycles. The van der Waals surface area contributed by atoms with Crippen molar-refractivity contribution in [2.45, 2.75) is 38.5 Å². The minimum absolute atomic E-state index is 0.303. The summed E-state index contributed by atoms with van der Waals surface area (Å²) in [5, 5.41) is 6.42. The number of hydrogen-bond donors (Lipinski definition) is 2. The number of thioether (sulfide) groups is 1. The van der Waals surface area contributed by atoms with Crippen molar-refractivity contribution >= 4 is 11.8 Å². The summed E-state index contributed by atoms with van der Waals surface area (Å²) >= 11 is 1.79. The van der Waals surface area contributed by atoms with Crippen LogP contribution in [0.5, 0.6) is 0 Å². The molecule has 1 heterocycles. The van der Waals surface area contributed by atoms with Crippen molar-refractivity contribution in [3.63, 3.8) is 0 Å². The normalized spacial score (nSPS) is 23.3. The van der Waals surface area contributed by atoms with Gasteiger partial charge in [-0.05, 0) is 19.1 Å². The van der Waals surface area contributed by atoms with Crippen LogP contribution in [0.3, 0.4) is 0 Å². The molecule has 1 unspecified atom stereocenters. The largest absolute Gasteiger partial charge is 0.336 e. The Hall–Kier alpha value is 0.230. The van der Waals surface area contributed by atoms with E-state index in [9.17, 15) is 0 Å². The predicted molar refractivity (Wildman–Crippen MR) is 57.7 cm³/mol. The quantitative estimate of drug-likeness (QED) is 0.663. The van der Waals surface area contributed by atoms with Gasteiger partial charge in [0.1, 0.15) is 0 Å². The molecule has 3 nitrogen and oxygen atoms in total. The Bertz CT molecular complexity index is 149. The first-order valence-electron chi connectivity index (χ1n) is 5.04. The highest BCUT2D eigenvalue weighted by molar-refractivity contribution is 8.00. The van der Waals surface area contributed by atoms with Gasteiger partial charge in [0, 0.05) is 13.1 Å². The fourth-order valence-corrected chi connectivity index (χ4v) is 2.35. The first-order chi connectivity index (χ1) is 6.22. The Morgan fingerprint density at radius 1 is 1.38 bits per heavy atom. The Balaban J connectivity index is 2.46. The fourth-order valence-electron chi connectivity index (χ4n) is 1.31. The Morgan fingerprint density at radius 2 is 2.00 bits per heavy atom. The average Bonchev–Trinajstić information content (AvgIpc) is 2.54. The molecule has 1 atom stereocenters. The number of nitrogens with one attached hydrogen (secondary N) is 2. The maximum Gasteiger partial charge on any atom is 0.226 e. The lowest BCUT2D eigenvalue weighted by molar-refractivity contribution is -0.0491. The zero-order valence-corrected chi connectivity index (χ0v) is 9.54. The topological polar surface area (TPSA) is 33.3 Å². The van der Waals surface area contributed by atoms with Gasteiger partial charge in [0.25, 0.3) is 0 Å². The molecule has 0 radical (unpaired) electrons. The SMILES string of the molecule is CCSC1(OC(C)CC)NCCN1. The zero-order chi connectivity index (χ0) is 9.73. The Kier molecular flexibility index (Phi) is 4.52. The van der Waals surface area contributed by atoms with Crippen LogP contribution >= 0.6 is 11.8 Å². The molecular weight excluding hydrogens is 184 g/mol. The Morgan fingerprint density at radius 3 is 2.46 bits per heavy atom. The number of ether oxygens (including phenoxy) is 1. The second-order valence-electron chi connectivity index (χ2n) is 3.24. The third-order valence-electron chi connectivity index (χ3n) is 2.13. The summed E-state index contributed by atoms with van der Waals surface area (Å²) in [6.45, 7) is 8.38. The smallest absolute Gasteiger partial charge is 0.226 e. The summed E-state index contributed by atoms with van der Waals surface area (Å²) in [6, 6.07) is 0. The molecule has 0 saturated carbocycles. The lowest BCUT2D eigenvalue weighted by Gasteiger charge is -2.31. The molecule has 2 N–H and O–H groups in total. The van der Waals surface area contributed by atoms with E-state index in [1.165, 1.54) is 0 Å². The molecular formula is C9H20N2OS. The van der Waals surface area contributed by atoms with Gasteiger partial charge in [0.15, 0.2) is 0 Å². The molecule has 78 valence electrons. The lowest BCUT2D eigenvalue weighted by atomic mass is 10.3. The molecule has 1 saturated heterocycles. The first kappa shape index (κ1) is 11.3. The molecule has 0 amide bonds. The van der Waals surface area contributed by atoms with Gasteiger partial charge in [-0.15, -0.1) is 0 Å². The van der Waals surface area contributed by atoms with E-state index < -0.39 is 0 Å². The van der Waals surface area contributed by atoms with Crippen molar-refractivity contribution in [3.8, 4) is 0 Å². The standard InChI is InChI=1S/C9H20N2OS/c1-4-8(3)12-9(13-5-2)10-6-7-11-9/h8,10-11H,4-7H2,1-3H3. The summed E-state index contributed by atoms with van der Waals surface area (Å²) in [5.74, 6) is 1.05. The van der Waals surface area contributed by atoms with Gasteiger partial charge in [0.2, 0.25) is 5.18 Å². The molecule has 0 aromatic carbocycles. The monoisotopic (exact) mass is 204 g/mol. The Labute approximate surface area is 85.0 Å². The van der Waals surface area contributed by atoms with Gasteiger partial charge in [-0.1, -0.05) is 25.6 Å². The van der Waals surface area contributed by atoms with Crippen molar-refractivity contribution < 1.29 is 4.74 Å². The fraction of sp³-hybridized carbons (Fsp3) is 1.00. The molecule has 1 aliphatic rings. The van der Waals surface area contributed by atoms with E-state index in [1.807, 2.05) is 0 Å². The van der Waals surface area contributed by atoms with Gasteiger partial charge < -0.3 is 4.74 Å². The lowest BCUT2D eigenvalue weighted by Crippen LogP contribution is -2.50.